The molecule has 0 amide bonds. The maximum absolute atomic E-state index is 12.2. The van der Waals surface area contributed by atoms with Gasteiger partial charge in [-0.1, -0.05) is 12.1 Å². The number of esters is 1. The lowest BCUT2D eigenvalue weighted by atomic mass is 10.2. The first kappa shape index (κ1) is 15.2. The summed E-state index contributed by atoms with van der Waals surface area (Å²) < 4.78 is 11.5. The molecular weight excluding hydrogens is 272 g/mol. The number of rotatable bonds is 7. The van der Waals surface area contributed by atoms with Crippen LogP contribution in [0.1, 0.15) is 13.3 Å². The summed E-state index contributed by atoms with van der Waals surface area (Å²) >= 11 is 0. The molecule has 0 atom stereocenters. The molecule has 1 heterocycles. The summed E-state index contributed by atoms with van der Waals surface area (Å²) in [5, 5.41) is 0.546. The summed E-state index contributed by atoms with van der Waals surface area (Å²) in [6.07, 6.45) is 1.59. The van der Waals surface area contributed by atoms with Gasteiger partial charge in [0.2, 0.25) is 0 Å². The van der Waals surface area contributed by atoms with Crippen molar-refractivity contribution in [2.75, 3.05) is 19.8 Å². The minimum absolute atomic E-state index is 0.131. The van der Waals surface area contributed by atoms with Gasteiger partial charge in [0.15, 0.2) is 0 Å². The van der Waals surface area contributed by atoms with Crippen molar-refractivity contribution >= 4 is 16.9 Å². The highest BCUT2D eigenvalue weighted by atomic mass is 16.6. The molecule has 112 valence electrons. The first-order chi connectivity index (χ1) is 10.2. The first-order valence-electron chi connectivity index (χ1n) is 6.90. The monoisotopic (exact) mass is 290 g/mol. The molecule has 6 heteroatoms. The van der Waals surface area contributed by atoms with E-state index in [1.165, 1.54) is 10.9 Å². The van der Waals surface area contributed by atoms with E-state index in [-0.39, 0.29) is 31.1 Å². The number of hydrogen-bond donors (Lipinski definition) is 0. The zero-order chi connectivity index (χ0) is 15.1. The maximum atomic E-state index is 12.2. The Balaban J connectivity index is 1.93. The van der Waals surface area contributed by atoms with Crippen LogP contribution >= 0.6 is 0 Å². The quantitative estimate of drug-likeness (QED) is 0.569. The number of hydrogen-bond acceptors (Lipinski definition) is 5. The van der Waals surface area contributed by atoms with E-state index in [0.717, 1.165) is 0 Å². The van der Waals surface area contributed by atoms with E-state index in [9.17, 15) is 9.59 Å². The van der Waals surface area contributed by atoms with Gasteiger partial charge in [0, 0.05) is 13.2 Å². The van der Waals surface area contributed by atoms with E-state index in [2.05, 4.69) is 4.98 Å². The second kappa shape index (κ2) is 7.54. The third kappa shape index (κ3) is 4.13. The Morgan fingerprint density at radius 2 is 2.10 bits per heavy atom. The summed E-state index contributed by atoms with van der Waals surface area (Å²) in [5.41, 5.74) is 0.501. The predicted octanol–water partition coefficient (Wildman–Crippen LogP) is 1.37. The number of para-hydroxylation sites is 1. The van der Waals surface area contributed by atoms with Crippen molar-refractivity contribution < 1.29 is 14.3 Å². The van der Waals surface area contributed by atoms with Gasteiger partial charge in [0.05, 0.1) is 30.3 Å². The zero-order valence-electron chi connectivity index (χ0n) is 11.9. The van der Waals surface area contributed by atoms with Crippen LogP contribution in [0.5, 0.6) is 0 Å². The lowest BCUT2D eigenvalue weighted by Crippen LogP contribution is -2.22. The Bertz CT molecular complexity index is 666. The number of aromatic nitrogens is 2. The fourth-order valence-corrected chi connectivity index (χ4v) is 1.91. The lowest BCUT2D eigenvalue weighted by Gasteiger charge is -2.07. The number of aryl methyl sites for hydroxylation is 1. The van der Waals surface area contributed by atoms with Gasteiger partial charge < -0.3 is 9.47 Å². The largest absolute Gasteiger partial charge is 0.463 e. The van der Waals surface area contributed by atoms with Gasteiger partial charge in [-0.3, -0.25) is 14.2 Å². The molecule has 0 fully saturated rings. The molecule has 1 aromatic carbocycles. The van der Waals surface area contributed by atoms with Crippen LogP contribution in [0.25, 0.3) is 10.9 Å². The number of fused-ring (bicyclic) bond motifs is 1. The molecular formula is C15H18N2O4. The van der Waals surface area contributed by atoms with E-state index in [0.29, 0.717) is 24.1 Å². The minimum atomic E-state index is -0.352. The number of ether oxygens (including phenoxy) is 2. The summed E-state index contributed by atoms with van der Waals surface area (Å²) in [5.74, 6) is -0.352. The van der Waals surface area contributed by atoms with Crippen LogP contribution in [0.15, 0.2) is 35.4 Å². The highest BCUT2D eigenvalue weighted by molar-refractivity contribution is 5.77. The minimum Gasteiger partial charge on any atom is -0.463 e. The van der Waals surface area contributed by atoms with Gasteiger partial charge >= 0.3 is 5.97 Å². The zero-order valence-corrected chi connectivity index (χ0v) is 11.9. The highest BCUT2D eigenvalue weighted by Gasteiger charge is 2.07. The van der Waals surface area contributed by atoms with E-state index in [1.54, 1.807) is 18.2 Å². The van der Waals surface area contributed by atoms with Crippen LogP contribution in [-0.4, -0.2) is 35.3 Å². The van der Waals surface area contributed by atoms with Crippen LogP contribution in [0.4, 0.5) is 0 Å². The van der Waals surface area contributed by atoms with E-state index < -0.39 is 0 Å². The first-order valence-corrected chi connectivity index (χ1v) is 6.90. The topological polar surface area (TPSA) is 70.4 Å². The van der Waals surface area contributed by atoms with E-state index >= 15 is 0 Å². The van der Waals surface area contributed by atoms with Crippen molar-refractivity contribution in [2.24, 2.45) is 0 Å². The SMILES string of the molecule is CCOCCOC(=O)CCn1cnc2ccccc2c1=O. The number of benzene rings is 1. The van der Waals surface area contributed by atoms with Gasteiger partial charge in [0.1, 0.15) is 6.61 Å². The molecule has 0 saturated heterocycles. The molecule has 2 aromatic rings. The smallest absolute Gasteiger partial charge is 0.307 e. The van der Waals surface area contributed by atoms with Gasteiger partial charge in [-0.05, 0) is 19.1 Å². The van der Waals surface area contributed by atoms with Crippen LogP contribution < -0.4 is 5.56 Å². The van der Waals surface area contributed by atoms with Gasteiger partial charge in [-0.2, -0.15) is 0 Å². The van der Waals surface area contributed by atoms with Gasteiger partial charge in [0.25, 0.3) is 5.56 Å². The van der Waals surface area contributed by atoms with Crippen LogP contribution in [0.2, 0.25) is 0 Å². The average Bonchev–Trinajstić information content (AvgIpc) is 2.51. The summed E-state index contributed by atoms with van der Waals surface area (Å²) in [6.45, 7) is 3.35. The third-order valence-corrected chi connectivity index (χ3v) is 2.98. The van der Waals surface area contributed by atoms with Crippen LogP contribution in [0, 0.1) is 0 Å². The average molecular weight is 290 g/mol. The maximum Gasteiger partial charge on any atom is 0.307 e. The fraction of sp³-hybridized carbons (Fsp3) is 0.400. The standard InChI is InChI=1S/C15H18N2O4/c1-2-20-9-10-21-14(18)7-8-17-11-16-13-6-4-3-5-12(13)15(17)19/h3-6,11H,2,7-10H2,1H3. The molecule has 0 N–H and O–H groups in total. The third-order valence-electron chi connectivity index (χ3n) is 2.98. The van der Waals surface area contributed by atoms with Crippen molar-refractivity contribution in [1.29, 1.82) is 0 Å². The molecule has 0 unspecified atom stereocenters. The molecule has 0 bridgehead atoms. The summed E-state index contributed by atoms with van der Waals surface area (Å²) in [4.78, 5) is 27.9. The molecule has 0 saturated carbocycles. The van der Waals surface area contributed by atoms with Crippen molar-refractivity contribution in [2.45, 2.75) is 19.9 Å². The molecule has 1 aromatic heterocycles. The van der Waals surface area contributed by atoms with E-state index in [4.69, 9.17) is 9.47 Å². The number of nitrogens with zero attached hydrogens (tertiary/aromatic N) is 2. The number of carbonyl (C=O) groups is 1. The highest BCUT2D eigenvalue weighted by Crippen LogP contribution is 2.04. The predicted molar refractivity (Wildman–Crippen MR) is 78.1 cm³/mol. The van der Waals surface area contributed by atoms with Crippen molar-refractivity contribution in [1.82, 2.24) is 9.55 Å². The lowest BCUT2D eigenvalue weighted by molar-refractivity contribution is -0.145. The van der Waals surface area contributed by atoms with E-state index in [1.807, 2.05) is 13.0 Å². The molecule has 2 rings (SSSR count). The Morgan fingerprint density at radius 1 is 1.29 bits per heavy atom. The molecule has 6 nitrogen and oxygen atoms in total. The molecule has 21 heavy (non-hydrogen) atoms. The Morgan fingerprint density at radius 3 is 2.90 bits per heavy atom. The Labute approximate surface area is 122 Å². The second-order valence-electron chi connectivity index (χ2n) is 4.43. The Kier molecular flexibility index (Phi) is 5.45. The molecule has 0 radical (unpaired) electrons. The second-order valence-corrected chi connectivity index (χ2v) is 4.43. The number of carbonyl (C=O) groups excluding carboxylic acids is 1. The molecule has 0 aliphatic heterocycles. The van der Waals surface area contributed by atoms with Crippen molar-refractivity contribution in [3.8, 4) is 0 Å². The molecule has 0 spiro atoms. The normalized spacial score (nSPS) is 10.7. The van der Waals surface area contributed by atoms with Crippen molar-refractivity contribution in [3.05, 3.63) is 40.9 Å². The van der Waals surface area contributed by atoms with Crippen molar-refractivity contribution in [3.63, 3.8) is 0 Å². The van der Waals surface area contributed by atoms with Gasteiger partial charge in [-0.15, -0.1) is 0 Å². The Hall–Kier alpha value is -2.21. The van der Waals surface area contributed by atoms with Gasteiger partial charge in [-0.25, -0.2) is 4.98 Å². The molecule has 0 aliphatic carbocycles. The summed E-state index contributed by atoms with van der Waals surface area (Å²) in [7, 11) is 0. The van der Waals surface area contributed by atoms with Crippen LogP contribution in [0.3, 0.4) is 0 Å². The molecule has 0 aliphatic rings. The van der Waals surface area contributed by atoms with Crippen LogP contribution in [-0.2, 0) is 20.8 Å². The summed E-state index contributed by atoms with van der Waals surface area (Å²) in [6, 6.07) is 7.12. The fourth-order valence-electron chi connectivity index (χ4n) is 1.91.